The number of aromatic amines is 1. The average molecular weight is 298 g/mol. The fraction of sp³-hybridized carbons (Fsp3) is 0.455. The molecule has 1 aliphatic rings. The van der Waals surface area contributed by atoms with Gasteiger partial charge in [0.15, 0.2) is 0 Å². The van der Waals surface area contributed by atoms with Crippen molar-refractivity contribution in [3.8, 4) is 0 Å². The second kappa shape index (κ2) is 5.03. The topological polar surface area (TPSA) is 87.7 Å². The van der Waals surface area contributed by atoms with Crippen molar-refractivity contribution in [3.63, 3.8) is 0 Å². The maximum Gasteiger partial charge on any atom is 0.244 e. The van der Waals surface area contributed by atoms with Crippen LogP contribution in [0, 0.1) is 0 Å². The van der Waals surface area contributed by atoms with E-state index in [0.717, 1.165) is 23.5 Å². The molecule has 2 heterocycles. The van der Waals surface area contributed by atoms with Gasteiger partial charge >= 0.3 is 0 Å². The van der Waals surface area contributed by atoms with E-state index in [9.17, 15) is 8.42 Å². The van der Waals surface area contributed by atoms with Crippen LogP contribution in [0.25, 0.3) is 0 Å². The van der Waals surface area contributed by atoms with Gasteiger partial charge in [-0.25, -0.2) is 18.1 Å². The predicted octanol–water partition coefficient (Wildman–Crippen LogP) is 1.22. The van der Waals surface area contributed by atoms with Gasteiger partial charge in [0, 0.05) is 11.1 Å². The molecule has 3 rings (SSSR count). The first-order valence-electron chi connectivity index (χ1n) is 6.11. The Morgan fingerprint density at radius 3 is 2.95 bits per heavy atom. The zero-order valence-corrected chi connectivity index (χ0v) is 11.9. The quantitative estimate of drug-likeness (QED) is 0.888. The van der Waals surface area contributed by atoms with Crippen LogP contribution in [0.5, 0.6) is 0 Å². The van der Waals surface area contributed by atoms with Gasteiger partial charge in [-0.3, -0.25) is 5.10 Å². The number of H-pyrrole nitrogens is 1. The number of thiazole rings is 1. The van der Waals surface area contributed by atoms with Crippen molar-refractivity contribution in [2.75, 3.05) is 0 Å². The van der Waals surface area contributed by atoms with E-state index in [-0.39, 0.29) is 11.4 Å². The Morgan fingerprint density at radius 1 is 1.37 bits per heavy atom. The monoisotopic (exact) mass is 298 g/mol. The molecule has 6 nitrogen and oxygen atoms in total. The van der Waals surface area contributed by atoms with E-state index in [1.165, 1.54) is 30.1 Å². The van der Waals surface area contributed by atoms with Crippen molar-refractivity contribution in [3.05, 3.63) is 28.0 Å². The normalized spacial score (nSPS) is 15.4. The van der Waals surface area contributed by atoms with Gasteiger partial charge < -0.3 is 0 Å². The third kappa shape index (κ3) is 2.70. The van der Waals surface area contributed by atoms with Crippen molar-refractivity contribution in [2.24, 2.45) is 0 Å². The molecule has 0 spiro atoms. The van der Waals surface area contributed by atoms with E-state index in [1.807, 2.05) is 0 Å². The number of rotatable bonds is 4. The zero-order valence-electron chi connectivity index (χ0n) is 10.2. The molecule has 0 saturated heterocycles. The Kier molecular flexibility index (Phi) is 3.38. The lowest BCUT2D eigenvalue weighted by molar-refractivity contribution is 0.581. The molecule has 0 aliphatic heterocycles. The maximum absolute atomic E-state index is 11.9. The van der Waals surface area contributed by atoms with Crippen LogP contribution in [0.1, 0.15) is 28.4 Å². The Morgan fingerprint density at radius 2 is 2.21 bits per heavy atom. The zero-order chi connectivity index (χ0) is 13.3. The molecule has 0 aromatic carbocycles. The SMILES string of the molecule is O=S(=O)(NCc1nc2c(s1)CCCC2)c1cn[nH]c1. The summed E-state index contributed by atoms with van der Waals surface area (Å²) in [6.45, 7) is 0.241. The van der Waals surface area contributed by atoms with E-state index in [1.54, 1.807) is 11.3 Å². The minimum Gasteiger partial charge on any atom is -0.284 e. The number of nitrogens with zero attached hydrogens (tertiary/aromatic N) is 2. The van der Waals surface area contributed by atoms with Crippen LogP contribution < -0.4 is 4.72 Å². The number of hydrogen-bond donors (Lipinski definition) is 2. The largest absolute Gasteiger partial charge is 0.284 e. The highest BCUT2D eigenvalue weighted by molar-refractivity contribution is 7.89. The molecule has 0 unspecified atom stereocenters. The molecule has 0 fully saturated rings. The van der Waals surface area contributed by atoms with Gasteiger partial charge in [-0.2, -0.15) is 5.10 Å². The van der Waals surface area contributed by atoms with E-state index >= 15 is 0 Å². The number of aromatic nitrogens is 3. The number of fused-ring (bicyclic) bond motifs is 1. The summed E-state index contributed by atoms with van der Waals surface area (Å²) in [7, 11) is -3.49. The van der Waals surface area contributed by atoms with Crippen molar-refractivity contribution in [1.82, 2.24) is 19.9 Å². The summed E-state index contributed by atoms with van der Waals surface area (Å²) in [4.78, 5) is 5.96. The van der Waals surface area contributed by atoms with E-state index in [2.05, 4.69) is 19.9 Å². The van der Waals surface area contributed by atoms with E-state index < -0.39 is 10.0 Å². The third-order valence-electron chi connectivity index (χ3n) is 3.09. The van der Waals surface area contributed by atoms with Crippen LogP contribution in [0.3, 0.4) is 0 Å². The van der Waals surface area contributed by atoms with Gasteiger partial charge in [0.1, 0.15) is 9.90 Å². The number of nitrogens with one attached hydrogen (secondary N) is 2. The number of aryl methyl sites for hydroxylation is 2. The van der Waals surface area contributed by atoms with Gasteiger partial charge in [0.05, 0.1) is 18.4 Å². The highest BCUT2D eigenvalue weighted by Gasteiger charge is 2.18. The molecule has 102 valence electrons. The summed E-state index contributed by atoms with van der Waals surface area (Å²) in [6.07, 6.45) is 7.11. The van der Waals surface area contributed by atoms with Crippen LogP contribution in [-0.2, 0) is 29.4 Å². The lowest BCUT2D eigenvalue weighted by atomic mass is 10.0. The van der Waals surface area contributed by atoms with Crippen molar-refractivity contribution < 1.29 is 8.42 Å². The molecule has 0 amide bonds. The lowest BCUT2D eigenvalue weighted by Crippen LogP contribution is -2.22. The molecule has 8 heteroatoms. The highest BCUT2D eigenvalue weighted by atomic mass is 32.2. The summed E-state index contributed by atoms with van der Waals surface area (Å²) in [5.74, 6) is 0. The minimum absolute atomic E-state index is 0.147. The Labute approximate surface area is 115 Å². The standard InChI is InChI=1S/C11H14N4O2S2/c16-19(17,8-5-12-13-6-8)14-7-11-15-9-3-1-2-4-10(9)18-11/h5-6,14H,1-4,7H2,(H,12,13). The van der Waals surface area contributed by atoms with E-state index in [4.69, 9.17) is 0 Å². The summed E-state index contributed by atoms with van der Waals surface area (Å²) < 4.78 is 26.4. The van der Waals surface area contributed by atoms with E-state index in [0.29, 0.717) is 0 Å². The number of hydrogen-bond acceptors (Lipinski definition) is 5. The predicted molar refractivity (Wildman–Crippen MR) is 71.4 cm³/mol. The third-order valence-corrected chi connectivity index (χ3v) is 5.61. The summed E-state index contributed by atoms with van der Waals surface area (Å²) in [5, 5.41) is 6.96. The molecular formula is C11H14N4O2S2. The molecule has 19 heavy (non-hydrogen) atoms. The van der Waals surface area contributed by atoms with Crippen LogP contribution in [0.2, 0.25) is 0 Å². The minimum atomic E-state index is -3.49. The smallest absolute Gasteiger partial charge is 0.244 e. The second-order valence-corrected chi connectivity index (χ2v) is 7.38. The molecule has 2 aromatic heterocycles. The molecule has 2 N–H and O–H groups in total. The highest BCUT2D eigenvalue weighted by Crippen LogP contribution is 2.26. The van der Waals surface area contributed by atoms with Gasteiger partial charge in [0.25, 0.3) is 0 Å². The van der Waals surface area contributed by atoms with Crippen molar-refractivity contribution in [2.45, 2.75) is 37.1 Å². The second-order valence-electron chi connectivity index (χ2n) is 4.44. The van der Waals surface area contributed by atoms with Crippen molar-refractivity contribution in [1.29, 1.82) is 0 Å². The molecular weight excluding hydrogens is 284 g/mol. The summed E-state index contributed by atoms with van der Waals surface area (Å²) >= 11 is 1.61. The maximum atomic E-state index is 11.9. The Bertz CT molecular complexity index is 637. The van der Waals surface area contributed by atoms with Gasteiger partial charge in [-0.05, 0) is 25.7 Å². The van der Waals surface area contributed by atoms with Crippen LogP contribution in [-0.4, -0.2) is 23.6 Å². The Balaban J connectivity index is 1.71. The van der Waals surface area contributed by atoms with Gasteiger partial charge in [0.2, 0.25) is 10.0 Å². The first kappa shape index (κ1) is 12.8. The van der Waals surface area contributed by atoms with Gasteiger partial charge in [-0.1, -0.05) is 0 Å². The molecule has 1 aliphatic carbocycles. The fourth-order valence-electron chi connectivity index (χ4n) is 2.11. The van der Waals surface area contributed by atoms with Crippen LogP contribution in [0.15, 0.2) is 17.3 Å². The summed E-state index contributed by atoms with van der Waals surface area (Å²) in [6, 6.07) is 0. The molecule has 0 radical (unpaired) electrons. The molecule has 0 bridgehead atoms. The molecule has 0 saturated carbocycles. The van der Waals surface area contributed by atoms with Crippen LogP contribution in [0.4, 0.5) is 0 Å². The average Bonchev–Trinajstić information content (AvgIpc) is 3.05. The fourth-order valence-corrected chi connectivity index (χ4v) is 4.19. The molecule has 2 aromatic rings. The summed E-state index contributed by atoms with van der Waals surface area (Å²) in [5.41, 5.74) is 1.15. The van der Waals surface area contributed by atoms with Crippen LogP contribution >= 0.6 is 11.3 Å². The first-order valence-corrected chi connectivity index (χ1v) is 8.41. The number of sulfonamides is 1. The molecule has 0 atom stereocenters. The van der Waals surface area contributed by atoms with Gasteiger partial charge in [-0.15, -0.1) is 11.3 Å². The Hall–Kier alpha value is -1.25. The first-order chi connectivity index (χ1) is 9.15. The lowest BCUT2D eigenvalue weighted by Gasteiger charge is -2.06. The van der Waals surface area contributed by atoms with Crippen molar-refractivity contribution >= 4 is 21.4 Å².